The van der Waals surface area contributed by atoms with Crippen LogP contribution in [-0.4, -0.2) is 21.1 Å². The first-order valence-corrected chi connectivity index (χ1v) is 8.04. The molecule has 0 aliphatic rings. The lowest BCUT2D eigenvalue weighted by atomic mass is 10.3. The fourth-order valence-corrected chi connectivity index (χ4v) is 2.44. The number of nitrogens with zero attached hydrogens (tertiary/aromatic N) is 3. The molecule has 9 heteroatoms. The molecule has 0 saturated heterocycles. The molecule has 6 nitrogen and oxygen atoms in total. The third kappa shape index (κ3) is 3.87. The Morgan fingerprint density at radius 1 is 1.38 bits per heavy atom. The number of aromatic amines is 1. The van der Waals surface area contributed by atoms with Gasteiger partial charge in [0.05, 0.1) is 11.2 Å². The normalized spacial score (nSPS) is 11.3. The Balaban J connectivity index is 1.78. The van der Waals surface area contributed by atoms with E-state index in [1.165, 1.54) is 4.68 Å². The van der Waals surface area contributed by atoms with Crippen LogP contribution in [0.5, 0.6) is 5.75 Å². The number of hydrogen-bond donors (Lipinski definition) is 1. The number of nitrogens with one attached hydrogen (secondary N) is 1. The maximum absolute atomic E-state index is 6.07. The van der Waals surface area contributed by atoms with Crippen LogP contribution in [0.3, 0.4) is 0 Å². The number of aromatic nitrogens is 3. The van der Waals surface area contributed by atoms with Gasteiger partial charge in [0.15, 0.2) is 5.82 Å². The van der Waals surface area contributed by atoms with Gasteiger partial charge in [0.25, 0.3) is 0 Å². The molecule has 0 saturated carbocycles. The molecule has 1 N–H and O–H groups in total. The van der Waals surface area contributed by atoms with Crippen LogP contribution >= 0.6 is 35.4 Å². The van der Waals surface area contributed by atoms with Gasteiger partial charge in [-0.2, -0.15) is 14.9 Å². The molecule has 3 aromatic rings. The Bertz CT molecular complexity index is 945. The molecule has 3 rings (SSSR count). The Morgan fingerprint density at radius 3 is 2.96 bits per heavy atom. The summed E-state index contributed by atoms with van der Waals surface area (Å²) in [5, 5.41) is 12.0. The molecule has 2 heterocycles. The molecule has 2 aromatic heterocycles. The summed E-state index contributed by atoms with van der Waals surface area (Å²) in [6.45, 7) is 1.97. The van der Waals surface area contributed by atoms with E-state index in [0.717, 1.165) is 5.76 Å². The maximum atomic E-state index is 6.07. The van der Waals surface area contributed by atoms with Crippen LogP contribution in [0.2, 0.25) is 10.0 Å². The molecule has 24 heavy (non-hydrogen) atoms. The second-order valence-electron chi connectivity index (χ2n) is 4.81. The van der Waals surface area contributed by atoms with Crippen molar-refractivity contribution in [1.82, 2.24) is 14.9 Å². The molecule has 0 aliphatic carbocycles. The fraction of sp³-hybridized carbons (Fsp3) is 0.133. The van der Waals surface area contributed by atoms with Crippen LogP contribution in [0.4, 0.5) is 0 Å². The third-order valence-corrected chi connectivity index (χ3v) is 3.84. The lowest BCUT2D eigenvalue weighted by Gasteiger charge is -2.07. The number of aryl methyl sites for hydroxylation is 1. The van der Waals surface area contributed by atoms with Gasteiger partial charge in [-0.05, 0) is 43.4 Å². The average molecular weight is 383 g/mol. The zero-order valence-electron chi connectivity index (χ0n) is 12.5. The summed E-state index contributed by atoms with van der Waals surface area (Å²) in [5.74, 6) is 2.34. The zero-order valence-corrected chi connectivity index (χ0v) is 14.8. The highest BCUT2D eigenvalue weighted by molar-refractivity contribution is 7.71. The highest BCUT2D eigenvalue weighted by atomic mass is 35.5. The number of H-pyrrole nitrogens is 1. The van der Waals surface area contributed by atoms with E-state index >= 15 is 0 Å². The summed E-state index contributed by atoms with van der Waals surface area (Å²) in [7, 11) is 0. The van der Waals surface area contributed by atoms with Crippen LogP contribution in [0.25, 0.3) is 0 Å². The predicted octanol–water partition coefficient (Wildman–Crippen LogP) is 4.61. The number of halogens is 2. The summed E-state index contributed by atoms with van der Waals surface area (Å²) in [6.07, 6.45) is 1.55. The van der Waals surface area contributed by atoms with E-state index in [4.69, 9.17) is 44.6 Å². The Labute approximate surface area is 152 Å². The maximum Gasteiger partial charge on any atom is 0.216 e. The molecule has 0 amide bonds. The summed E-state index contributed by atoms with van der Waals surface area (Å²) in [6, 6.07) is 8.63. The van der Waals surface area contributed by atoms with Crippen LogP contribution in [0, 0.1) is 11.7 Å². The van der Waals surface area contributed by atoms with Gasteiger partial charge in [0.1, 0.15) is 23.9 Å². The minimum absolute atomic E-state index is 0.113. The van der Waals surface area contributed by atoms with Crippen molar-refractivity contribution in [2.24, 2.45) is 5.10 Å². The Morgan fingerprint density at radius 2 is 2.21 bits per heavy atom. The van der Waals surface area contributed by atoms with Crippen LogP contribution in [-0.2, 0) is 6.61 Å². The first kappa shape index (κ1) is 16.8. The van der Waals surface area contributed by atoms with Crippen molar-refractivity contribution in [2.45, 2.75) is 13.5 Å². The predicted molar refractivity (Wildman–Crippen MR) is 94.6 cm³/mol. The smallest absolute Gasteiger partial charge is 0.216 e. The van der Waals surface area contributed by atoms with Gasteiger partial charge in [-0.15, -0.1) is 0 Å². The van der Waals surface area contributed by atoms with Gasteiger partial charge in [-0.25, -0.2) is 5.10 Å². The van der Waals surface area contributed by atoms with Gasteiger partial charge in [-0.1, -0.05) is 23.2 Å². The molecule has 124 valence electrons. The molecule has 0 aliphatic heterocycles. The van der Waals surface area contributed by atoms with Gasteiger partial charge < -0.3 is 9.15 Å². The fourth-order valence-electron chi connectivity index (χ4n) is 1.90. The van der Waals surface area contributed by atoms with Gasteiger partial charge >= 0.3 is 0 Å². The van der Waals surface area contributed by atoms with E-state index in [-0.39, 0.29) is 6.61 Å². The van der Waals surface area contributed by atoms with Gasteiger partial charge in [0, 0.05) is 11.1 Å². The number of hydrogen-bond acceptors (Lipinski definition) is 5. The standard InChI is InChI=1S/C15H12Cl2N4O2S/c1-9-2-4-11(23-9)7-18-21-14(19-20-15(21)24)8-22-13-6-10(16)3-5-12(13)17/h2-7H,8H2,1H3,(H,20,24)/b18-7-. The van der Waals surface area contributed by atoms with E-state index in [1.807, 2.05) is 19.1 Å². The number of benzene rings is 1. The third-order valence-electron chi connectivity index (χ3n) is 3.03. The number of rotatable bonds is 5. The van der Waals surface area contributed by atoms with Crippen molar-refractivity contribution < 1.29 is 9.15 Å². The van der Waals surface area contributed by atoms with Crippen LogP contribution in [0.1, 0.15) is 17.3 Å². The van der Waals surface area contributed by atoms with Crippen molar-refractivity contribution in [1.29, 1.82) is 0 Å². The van der Waals surface area contributed by atoms with E-state index in [0.29, 0.717) is 32.2 Å². The van der Waals surface area contributed by atoms with Crippen LogP contribution < -0.4 is 4.74 Å². The Hall–Kier alpha value is -2.09. The molecular weight excluding hydrogens is 371 g/mol. The highest BCUT2D eigenvalue weighted by Gasteiger charge is 2.09. The lowest BCUT2D eigenvalue weighted by Crippen LogP contribution is -2.04. The van der Waals surface area contributed by atoms with E-state index in [1.54, 1.807) is 24.4 Å². The van der Waals surface area contributed by atoms with E-state index in [9.17, 15) is 0 Å². The SMILES string of the molecule is Cc1ccc(/C=N\n2c(COc3cc(Cl)ccc3Cl)n[nH]c2=S)o1. The zero-order chi connectivity index (χ0) is 17.1. The molecule has 0 bridgehead atoms. The summed E-state index contributed by atoms with van der Waals surface area (Å²) in [4.78, 5) is 0. The number of furan rings is 1. The van der Waals surface area contributed by atoms with Crippen molar-refractivity contribution >= 4 is 41.6 Å². The summed E-state index contributed by atoms with van der Waals surface area (Å²) in [5.41, 5.74) is 0. The second kappa shape index (κ2) is 7.21. The van der Waals surface area contributed by atoms with Crippen molar-refractivity contribution in [2.75, 3.05) is 0 Å². The minimum atomic E-state index is 0.113. The summed E-state index contributed by atoms with van der Waals surface area (Å²) < 4.78 is 12.9. The van der Waals surface area contributed by atoms with Crippen molar-refractivity contribution in [3.05, 3.63) is 62.5 Å². The van der Waals surface area contributed by atoms with Gasteiger partial charge in [-0.3, -0.25) is 0 Å². The first-order chi connectivity index (χ1) is 11.5. The van der Waals surface area contributed by atoms with Crippen LogP contribution in [0.15, 0.2) is 39.9 Å². The molecule has 1 aromatic carbocycles. The monoisotopic (exact) mass is 382 g/mol. The molecular formula is C15H12Cl2N4O2S. The lowest BCUT2D eigenvalue weighted by molar-refractivity contribution is 0.291. The second-order valence-corrected chi connectivity index (χ2v) is 6.04. The molecule has 0 atom stereocenters. The summed E-state index contributed by atoms with van der Waals surface area (Å²) >= 11 is 17.2. The van der Waals surface area contributed by atoms with Gasteiger partial charge in [0.2, 0.25) is 4.77 Å². The van der Waals surface area contributed by atoms with Crippen molar-refractivity contribution in [3.8, 4) is 5.75 Å². The first-order valence-electron chi connectivity index (χ1n) is 6.88. The molecule has 0 spiro atoms. The highest BCUT2D eigenvalue weighted by Crippen LogP contribution is 2.28. The molecule has 0 fully saturated rings. The Kier molecular flexibility index (Phi) is 5.03. The van der Waals surface area contributed by atoms with E-state index < -0.39 is 0 Å². The molecule has 0 unspecified atom stereocenters. The molecule has 0 radical (unpaired) electrons. The minimum Gasteiger partial charge on any atom is -0.484 e. The number of ether oxygens (including phenoxy) is 1. The average Bonchev–Trinajstić information content (AvgIpc) is 3.12. The quantitative estimate of drug-likeness (QED) is 0.516. The van der Waals surface area contributed by atoms with Crippen molar-refractivity contribution in [3.63, 3.8) is 0 Å². The largest absolute Gasteiger partial charge is 0.484 e. The van der Waals surface area contributed by atoms with E-state index in [2.05, 4.69) is 15.3 Å². The topological polar surface area (TPSA) is 68.3 Å².